The van der Waals surface area contributed by atoms with E-state index in [9.17, 15) is 4.79 Å². The molecule has 25 heavy (non-hydrogen) atoms. The summed E-state index contributed by atoms with van der Waals surface area (Å²) in [5.74, 6) is 0.720. The maximum atomic E-state index is 12.6. The van der Waals surface area contributed by atoms with Crippen LogP contribution in [0.25, 0.3) is 0 Å². The number of hydrogen-bond donors (Lipinski definition) is 1. The van der Waals surface area contributed by atoms with Crippen molar-refractivity contribution in [2.45, 2.75) is 31.7 Å². The minimum atomic E-state index is 0.127. The Morgan fingerprint density at radius 1 is 1.04 bits per heavy atom. The lowest BCUT2D eigenvalue weighted by molar-refractivity contribution is 0.0258. The second kappa shape index (κ2) is 7.75. The van der Waals surface area contributed by atoms with E-state index in [4.69, 9.17) is 4.74 Å². The summed E-state index contributed by atoms with van der Waals surface area (Å²) in [4.78, 5) is 17.1. The number of piperidine rings is 1. The zero-order valence-corrected chi connectivity index (χ0v) is 15.0. The van der Waals surface area contributed by atoms with Crippen LogP contribution in [0.5, 0.6) is 0 Å². The fourth-order valence-corrected chi connectivity index (χ4v) is 4.39. The molecule has 0 bridgehead atoms. The number of ether oxygens (including phenoxy) is 1. The molecular weight excluding hydrogens is 314 g/mol. The summed E-state index contributed by atoms with van der Waals surface area (Å²) >= 11 is 0. The maximum absolute atomic E-state index is 12.6. The van der Waals surface area contributed by atoms with Crippen LogP contribution in [0.2, 0.25) is 0 Å². The van der Waals surface area contributed by atoms with Gasteiger partial charge in [0.1, 0.15) is 0 Å². The van der Waals surface area contributed by atoms with Crippen LogP contribution in [0.3, 0.4) is 0 Å². The highest BCUT2D eigenvalue weighted by Crippen LogP contribution is 2.23. The number of nitrogens with zero attached hydrogens (tertiary/aromatic N) is 2. The third-order valence-corrected chi connectivity index (χ3v) is 5.90. The average molecular weight is 343 g/mol. The molecule has 2 amide bonds. The summed E-state index contributed by atoms with van der Waals surface area (Å²) in [6.07, 6.45) is 4.18. The van der Waals surface area contributed by atoms with Gasteiger partial charge in [0.15, 0.2) is 0 Å². The van der Waals surface area contributed by atoms with Gasteiger partial charge in [-0.2, -0.15) is 0 Å². The number of benzene rings is 1. The number of urea groups is 1. The van der Waals surface area contributed by atoms with Crippen LogP contribution in [0.4, 0.5) is 4.79 Å². The van der Waals surface area contributed by atoms with Crippen molar-refractivity contribution in [3.05, 3.63) is 35.4 Å². The molecule has 0 spiro atoms. The number of morpholine rings is 1. The van der Waals surface area contributed by atoms with E-state index in [0.717, 1.165) is 77.5 Å². The van der Waals surface area contributed by atoms with Crippen molar-refractivity contribution in [1.29, 1.82) is 0 Å². The normalized spacial score (nSPS) is 22.8. The summed E-state index contributed by atoms with van der Waals surface area (Å²) in [6, 6.07) is 8.92. The van der Waals surface area contributed by atoms with Crippen LogP contribution < -0.4 is 5.32 Å². The lowest BCUT2D eigenvalue weighted by Gasteiger charge is -2.36. The zero-order chi connectivity index (χ0) is 17.1. The second-order valence-corrected chi connectivity index (χ2v) is 7.67. The summed E-state index contributed by atoms with van der Waals surface area (Å²) in [7, 11) is 0. The molecule has 0 unspecified atom stereocenters. The van der Waals surface area contributed by atoms with Crippen molar-refractivity contribution in [2.24, 2.45) is 5.92 Å². The Labute approximate surface area is 150 Å². The lowest BCUT2D eigenvalue weighted by Crippen LogP contribution is -2.49. The van der Waals surface area contributed by atoms with Crippen LogP contribution >= 0.6 is 0 Å². The molecule has 2 aliphatic heterocycles. The van der Waals surface area contributed by atoms with Gasteiger partial charge in [0.25, 0.3) is 0 Å². The molecule has 2 heterocycles. The van der Waals surface area contributed by atoms with Gasteiger partial charge in [0.2, 0.25) is 0 Å². The molecule has 4 rings (SSSR count). The molecule has 5 nitrogen and oxygen atoms in total. The average Bonchev–Trinajstić information content (AvgIpc) is 3.05. The van der Waals surface area contributed by atoms with Gasteiger partial charge in [-0.05, 0) is 42.7 Å². The van der Waals surface area contributed by atoms with Crippen LogP contribution in [0, 0.1) is 5.92 Å². The zero-order valence-electron chi connectivity index (χ0n) is 15.0. The van der Waals surface area contributed by atoms with E-state index < -0.39 is 0 Å². The van der Waals surface area contributed by atoms with Gasteiger partial charge in [-0.15, -0.1) is 0 Å². The van der Waals surface area contributed by atoms with E-state index in [-0.39, 0.29) is 12.1 Å². The maximum Gasteiger partial charge on any atom is 0.317 e. The molecule has 1 aromatic carbocycles. The third-order valence-electron chi connectivity index (χ3n) is 5.90. The van der Waals surface area contributed by atoms with Gasteiger partial charge >= 0.3 is 6.03 Å². The largest absolute Gasteiger partial charge is 0.379 e. The molecule has 0 atom stereocenters. The van der Waals surface area contributed by atoms with Crippen molar-refractivity contribution in [1.82, 2.24) is 15.1 Å². The van der Waals surface area contributed by atoms with Gasteiger partial charge in [-0.1, -0.05) is 24.3 Å². The first-order valence-corrected chi connectivity index (χ1v) is 9.70. The highest BCUT2D eigenvalue weighted by atomic mass is 16.5. The number of carbonyl (C=O) groups excluding carboxylic acids is 1. The first-order chi connectivity index (χ1) is 12.3. The molecule has 0 saturated carbocycles. The molecule has 136 valence electrons. The fraction of sp³-hybridized carbons (Fsp3) is 0.650. The first kappa shape index (κ1) is 16.9. The van der Waals surface area contributed by atoms with E-state index in [2.05, 4.69) is 34.5 Å². The monoisotopic (exact) mass is 343 g/mol. The molecular formula is C20H29N3O2. The van der Waals surface area contributed by atoms with Crippen LogP contribution in [0.1, 0.15) is 24.0 Å². The summed E-state index contributed by atoms with van der Waals surface area (Å²) < 4.78 is 5.42. The van der Waals surface area contributed by atoms with Crippen molar-refractivity contribution in [3.63, 3.8) is 0 Å². The predicted octanol–water partition coefficient (Wildman–Crippen LogP) is 1.91. The minimum Gasteiger partial charge on any atom is -0.379 e. The van der Waals surface area contributed by atoms with Gasteiger partial charge in [0, 0.05) is 38.8 Å². The van der Waals surface area contributed by atoms with Crippen LogP contribution in [-0.4, -0.2) is 67.8 Å². The van der Waals surface area contributed by atoms with Gasteiger partial charge < -0.3 is 15.0 Å². The predicted molar refractivity (Wildman–Crippen MR) is 97.7 cm³/mol. The molecule has 2 fully saturated rings. The minimum absolute atomic E-state index is 0.127. The van der Waals surface area contributed by atoms with Gasteiger partial charge in [0.05, 0.1) is 13.2 Å². The number of fused-ring (bicyclic) bond motifs is 1. The highest BCUT2D eigenvalue weighted by molar-refractivity contribution is 5.74. The molecule has 1 aromatic rings. The summed E-state index contributed by atoms with van der Waals surface area (Å²) in [5, 5.41) is 3.25. The molecule has 1 aliphatic carbocycles. The van der Waals surface area contributed by atoms with Gasteiger partial charge in [-0.3, -0.25) is 4.90 Å². The number of rotatable bonds is 3. The van der Waals surface area contributed by atoms with Crippen molar-refractivity contribution < 1.29 is 9.53 Å². The van der Waals surface area contributed by atoms with Crippen molar-refractivity contribution in [2.75, 3.05) is 45.9 Å². The quantitative estimate of drug-likeness (QED) is 0.912. The van der Waals surface area contributed by atoms with E-state index in [1.807, 2.05) is 4.90 Å². The Balaban J connectivity index is 1.21. The lowest BCUT2D eigenvalue weighted by atomic mass is 9.96. The molecule has 2 saturated heterocycles. The Morgan fingerprint density at radius 3 is 2.32 bits per heavy atom. The van der Waals surface area contributed by atoms with Crippen molar-refractivity contribution in [3.8, 4) is 0 Å². The summed E-state index contributed by atoms with van der Waals surface area (Å²) in [6.45, 7) is 6.79. The number of carbonyl (C=O) groups is 1. The molecule has 0 aromatic heterocycles. The molecule has 0 radical (unpaired) electrons. The van der Waals surface area contributed by atoms with E-state index >= 15 is 0 Å². The second-order valence-electron chi connectivity index (χ2n) is 7.67. The number of likely N-dealkylation sites (tertiary alicyclic amines) is 1. The Kier molecular flexibility index (Phi) is 5.22. The number of amides is 2. The number of hydrogen-bond acceptors (Lipinski definition) is 3. The fourth-order valence-electron chi connectivity index (χ4n) is 4.39. The first-order valence-electron chi connectivity index (χ1n) is 9.70. The van der Waals surface area contributed by atoms with E-state index in [1.165, 1.54) is 11.1 Å². The molecule has 1 N–H and O–H groups in total. The van der Waals surface area contributed by atoms with E-state index in [0.29, 0.717) is 0 Å². The number of nitrogens with one attached hydrogen (secondary N) is 1. The molecule has 3 aliphatic rings. The highest BCUT2D eigenvalue weighted by Gasteiger charge is 2.28. The van der Waals surface area contributed by atoms with Crippen LogP contribution in [0.15, 0.2) is 24.3 Å². The SMILES string of the molecule is O=C(NC1Cc2ccccc2C1)N1CCC(CN2CCOCC2)CC1. The van der Waals surface area contributed by atoms with Crippen molar-refractivity contribution >= 4 is 6.03 Å². The Hall–Kier alpha value is -1.59. The third kappa shape index (κ3) is 4.15. The van der Waals surface area contributed by atoms with E-state index in [1.54, 1.807) is 0 Å². The smallest absolute Gasteiger partial charge is 0.317 e. The standard InChI is InChI=1S/C20H29N3O2/c24-20(21-19-13-17-3-1-2-4-18(17)14-19)23-7-5-16(6-8-23)15-22-9-11-25-12-10-22/h1-4,16,19H,5-15H2,(H,21,24). The topological polar surface area (TPSA) is 44.8 Å². The molecule has 5 heteroatoms. The van der Waals surface area contributed by atoms with Crippen LogP contribution in [-0.2, 0) is 17.6 Å². The summed E-state index contributed by atoms with van der Waals surface area (Å²) in [5.41, 5.74) is 2.77. The van der Waals surface area contributed by atoms with Gasteiger partial charge in [-0.25, -0.2) is 4.79 Å². The Morgan fingerprint density at radius 2 is 1.68 bits per heavy atom. The Bertz CT molecular complexity index is 567.